The lowest BCUT2D eigenvalue weighted by molar-refractivity contribution is -0.135. The molecule has 4 aliphatic rings. The fraction of sp³-hybridized carbons (Fsp3) is 0.500. The van der Waals surface area contributed by atoms with Gasteiger partial charge in [0.05, 0.1) is 0 Å². The summed E-state index contributed by atoms with van der Waals surface area (Å²) in [4.78, 5) is 33.7. The Labute approximate surface area is 213 Å². The molecule has 2 amide bonds. The van der Waals surface area contributed by atoms with E-state index in [4.69, 9.17) is 9.73 Å². The third kappa shape index (κ3) is 3.56. The average Bonchev–Trinajstić information content (AvgIpc) is 3.62. The van der Waals surface area contributed by atoms with Crippen LogP contribution in [0.4, 0.5) is 4.79 Å². The van der Waals surface area contributed by atoms with Gasteiger partial charge >= 0.3 is 6.09 Å². The van der Waals surface area contributed by atoms with E-state index in [9.17, 15) is 9.59 Å². The number of benzene rings is 2. The molecule has 3 aliphatic carbocycles. The summed E-state index contributed by atoms with van der Waals surface area (Å²) in [7, 11) is 1.72. The number of alkyl carbamates (subject to hydrolysis) is 1. The Balaban J connectivity index is 1.46. The first-order valence-corrected chi connectivity index (χ1v) is 13.2. The largest absolute Gasteiger partial charge is 0.444 e. The van der Waals surface area contributed by atoms with E-state index in [0.717, 1.165) is 37.7 Å². The van der Waals surface area contributed by atoms with Crippen molar-refractivity contribution >= 4 is 18.0 Å². The van der Waals surface area contributed by atoms with E-state index in [-0.39, 0.29) is 17.3 Å². The van der Waals surface area contributed by atoms with Crippen molar-refractivity contribution < 1.29 is 14.3 Å². The van der Waals surface area contributed by atoms with E-state index < -0.39 is 17.2 Å². The third-order valence-corrected chi connectivity index (χ3v) is 8.55. The second-order valence-corrected chi connectivity index (χ2v) is 12.1. The van der Waals surface area contributed by atoms with Crippen molar-refractivity contribution in [1.29, 1.82) is 0 Å². The Morgan fingerprint density at radius 1 is 1.06 bits per heavy atom. The van der Waals surface area contributed by atoms with Gasteiger partial charge in [-0.25, -0.2) is 9.79 Å². The molecule has 1 aliphatic heterocycles. The summed E-state index contributed by atoms with van der Waals surface area (Å²) in [6.45, 7) is 5.47. The number of likely N-dealkylation sites (N-methyl/N-ethyl adjacent to an activating group) is 1. The second-order valence-electron chi connectivity index (χ2n) is 12.1. The second kappa shape index (κ2) is 7.92. The molecule has 6 rings (SSSR count). The summed E-state index contributed by atoms with van der Waals surface area (Å²) in [6, 6.07) is 15.4. The Hall–Kier alpha value is -3.15. The number of aliphatic imine (C=N–C) groups is 1. The summed E-state index contributed by atoms with van der Waals surface area (Å²) < 4.78 is 5.49. The first kappa shape index (κ1) is 23.3. The molecule has 0 aromatic heterocycles. The quantitative estimate of drug-likeness (QED) is 0.601. The fourth-order valence-electron chi connectivity index (χ4n) is 6.64. The Morgan fingerprint density at radius 3 is 2.33 bits per heavy atom. The lowest BCUT2D eigenvalue weighted by Gasteiger charge is -2.40. The Kier molecular flexibility index (Phi) is 5.12. The van der Waals surface area contributed by atoms with Crippen LogP contribution >= 0.6 is 0 Å². The molecule has 2 aromatic rings. The van der Waals surface area contributed by atoms with E-state index in [2.05, 4.69) is 47.8 Å². The summed E-state index contributed by atoms with van der Waals surface area (Å²) >= 11 is 0. The van der Waals surface area contributed by atoms with Gasteiger partial charge in [0.15, 0.2) is 5.54 Å². The zero-order valence-corrected chi connectivity index (χ0v) is 21.7. The number of guanidine groups is 1. The molecule has 6 heteroatoms. The zero-order chi connectivity index (χ0) is 25.3. The predicted octanol–water partition coefficient (Wildman–Crippen LogP) is 5.23. The number of ether oxygens (including phenoxy) is 1. The molecule has 2 spiro atoms. The van der Waals surface area contributed by atoms with Gasteiger partial charge in [-0.05, 0) is 99.5 Å². The van der Waals surface area contributed by atoms with Crippen LogP contribution in [0.3, 0.4) is 0 Å². The van der Waals surface area contributed by atoms with Crippen molar-refractivity contribution in [2.75, 3.05) is 7.05 Å². The van der Waals surface area contributed by atoms with Crippen molar-refractivity contribution in [2.24, 2.45) is 10.4 Å². The molecule has 0 bridgehead atoms. The van der Waals surface area contributed by atoms with Crippen molar-refractivity contribution in [1.82, 2.24) is 10.2 Å². The average molecular weight is 486 g/mol. The molecule has 2 aromatic carbocycles. The zero-order valence-electron chi connectivity index (χ0n) is 21.7. The highest BCUT2D eigenvalue weighted by Gasteiger charge is 2.66. The van der Waals surface area contributed by atoms with E-state index in [0.29, 0.717) is 5.92 Å². The summed E-state index contributed by atoms with van der Waals surface area (Å²) in [5.41, 5.74) is 4.28. The molecule has 36 heavy (non-hydrogen) atoms. The molecule has 0 saturated heterocycles. The van der Waals surface area contributed by atoms with Crippen LogP contribution in [0.1, 0.15) is 80.2 Å². The molecule has 1 N–H and O–H groups in total. The minimum atomic E-state index is -1.03. The first-order chi connectivity index (χ1) is 17.1. The molecule has 188 valence electrons. The number of nitrogens with one attached hydrogen (secondary N) is 1. The van der Waals surface area contributed by atoms with E-state index in [1.54, 1.807) is 7.05 Å². The molecule has 1 heterocycles. The highest BCUT2D eigenvalue weighted by molar-refractivity contribution is 6.12. The maximum atomic E-state index is 14.3. The van der Waals surface area contributed by atoms with Crippen LogP contribution in [-0.4, -0.2) is 35.5 Å². The van der Waals surface area contributed by atoms with E-state index in [1.165, 1.54) is 40.0 Å². The molecular weight excluding hydrogens is 450 g/mol. The number of aryl methyl sites for hydroxylation is 2. The van der Waals surface area contributed by atoms with Gasteiger partial charge in [-0.3, -0.25) is 15.0 Å². The fourth-order valence-corrected chi connectivity index (χ4v) is 6.64. The highest BCUT2D eigenvalue weighted by atomic mass is 16.6. The topological polar surface area (TPSA) is 71.0 Å². The maximum Gasteiger partial charge on any atom is 0.414 e. The van der Waals surface area contributed by atoms with Crippen LogP contribution in [0.2, 0.25) is 0 Å². The van der Waals surface area contributed by atoms with E-state index in [1.807, 2.05) is 20.8 Å². The standard InChI is InChI=1S/C30H35N3O3/c1-28(2,3)36-27(35)31-26-32-30(25(34)33(26)4)24-17-22(21-9-10-21)11-12-23(24)18-29(30)15-13-19-7-5-6-8-20(19)14-16-29/h5-8,11-12,17,21H,9-10,13-16,18H2,1-4H3,(H,31,32,35). The van der Waals surface area contributed by atoms with Crippen LogP contribution in [0.15, 0.2) is 47.5 Å². The molecule has 1 unspecified atom stereocenters. The van der Waals surface area contributed by atoms with Crippen molar-refractivity contribution in [3.8, 4) is 0 Å². The van der Waals surface area contributed by atoms with Gasteiger partial charge in [0.1, 0.15) is 5.60 Å². The van der Waals surface area contributed by atoms with Gasteiger partial charge in [-0.2, -0.15) is 0 Å². The summed E-state index contributed by atoms with van der Waals surface area (Å²) in [6.07, 6.45) is 6.23. The normalized spacial score (nSPS) is 24.4. The van der Waals surface area contributed by atoms with E-state index >= 15 is 0 Å². The molecular formula is C30H35N3O3. The summed E-state index contributed by atoms with van der Waals surface area (Å²) in [5, 5.41) is 2.80. The molecule has 6 nitrogen and oxygen atoms in total. The molecule has 1 atom stereocenters. The monoisotopic (exact) mass is 485 g/mol. The van der Waals surface area contributed by atoms with Crippen LogP contribution in [-0.2, 0) is 34.3 Å². The summed E-state index contributed by atoms with van der Waals surface area (Å²) in [5.74, 6) is 0.811. The SMILES string of the molecule is CN1C(=O)C2(N=C1NC(=O)OC(C)(C)C)c1cc(C3CC3)ccc1CC21CCc2ccccc2CC1. The van der Waals surface area contributed by atoms with Crippen molar-refractivity contribution in [3.05, 3.63) is 70.3 Å². The number of fused-ring (bicyclic) bond motifs is 4. The number of hydrogen-bond donors (Lipinski definition) is 1. The van der Waals surface area contributed by atoms with Gasteiger partial charge in [-0.15, -0.1) is 0 Å². The highest BCUT2D eigenvalue weighted by Crippen LogP contribution is 2.61. The van der Waals surface area contributed by atoms with Crippen LogP contribution in [0, 0.1) is 5.41 Å². The van der Waals surface area contributed by atoms with Gasteiger partial charge in [0.25, 0.3) is 5.91 Å². The maximum absolute atomic E-state index is 14.3. The molecule has 1 fully saturated rings. The Bertz CT molecular complexity index is 1260. The smallest absolute Gasteiger partial charge is 0.414 e. The first-order valence-electron chi connectivity index (χ1n) is 13.2. The minimum Gasteiger partial charge on any atom is -0.444 e. The van der Waals surface area contributed by atoms with Gasteiger partial charge in [-0.1, -0.05) is 42.5 Å². The number of carbonyl (C=O) groups is 2. The Morgan fingerprint density at radius 2 is 1.72 bits per heavy atom. The van der Waals surface area contributed by atoms with Crippen LogP contribution in [0.25, 0.3) is 0 Å². The van der Waals surface area contributed by atoms with Gasteiger partial charge < -0.3 is 4.74 Å². The number of rotatable bonds is 1. The number of nitrogens with zero attached hydrogens (tertiary/aromatic N) is 2. The number of hydrogen-bond acceptors (Lipinski definition) is 4. The predicted molar refractivity (Wildman–Crippen MR) is 139 cm³/mol. The van der Waals surface area contributed by atoms with Crippen LogP contribution in [0.5, 0.6) is 0 Å². The van der Waals surface area contributed by atoms with Crippen molar-refractivity contribution in [3.63, 3.8) is 0 Å². The van der Waals surface area contributed by atoms with Gasteiger partial charge in [0, 0.05) is 12.5 Å². The molecule has 0 radical (unpaired) electrons. The molecule has 1 saturated carbocycles. The lowest BCUT2D eigenvalue weighted by atomic mass is 9.65. The van der Waals surface area contributed by atoms with Crippen LogP contribution < -0.4 is 5.32 Å². The third-order valence-electron chi connectivity index (χ3n) is 8.55. The number of amides is 2. The number of carbonyl (C=O) groups excluding carboxylic acids is 2. The minimum absolute atomic E-state index is 0.0498. The van der Waals surface area contributed by atoms with Crippen molar-refractivity contribution in [2.45, 2.75) is 82.8 Å². The lowest BCUT2D eigenvalue weighted by Crippen LogP contribution is -2.50. The van der Waals surface area contributed by atoms with Gasteiger partial charge in [0.2, 0.25) is 5.96 Å².